The van der Waals surface area contributed by atoms with Gasteiger partial charge < -0.3 is 19.4 Å². The molecule has 1 aromatic carbocycles. The first-order valence-electron chi connectivity index (χ1n) is 11.2. The number of benzene rings is 1. The summed E-state index contributed by atoms with van der Waals surface area (Å²) in [6.07, 6.45) is 6.75. The fourth-order valence-electron chi connectivity index (χ4n) is 4.07. The summed E-state index contributed by atoms with van der Waals surface area (Å²) in [5.41, 5.74) is 1.33. The molecule has 2 aliphatic heterocycles. The standard InChI is InChI=1S/C22H30FN3O5S/c1-32(28,29)19-5-6-21(20(23)15-19)25-11-7-16(8-12-25)24-31-18-9-13-26(14-10-18)22(27)30-17-3-2-4-17/h5-6,15,17-18H,2-4,7-14H2,1H3. The van der Waals surface area contributed by atoms with Gasteiger partial charge in [-0.25, -0.2) is 17.6 Å². The molecule has 2 saturated heterocycles. The molecule has 1 aliphatic carbocycles. The highest BCUT2D eigenvalue weighted by Gasteiger charge is 2.29. The Morgan fingerprint density at radius 1 is 1.06 bits per heavy atom. The van der Waals surface area contributed by atoms with Gasteiger partial charge in [-0.3, -0.25) is 0 Å². The van der Waals surface area contributed by atoms with Crippen LogP contribution < -0.4 is 4.90 Å². The van der Waals surface area contributed by atoms with E-state index in [1.807, 2.05) is 4.90 Å². The monoisotopic (exact) mass is 467 g/mol. The SMILES string of the molecule is CS(=O)(=O)c1ccc(N2CCC(=NOC3CCN(C(=O)OC4CCC4)CC3)CC2)c(F)c1. The van der Waals surface area contributed by atoms with Gasteiger partial charge in [-0.2, -0.15) is 0 Å². The number of halogens is 1. The van der Waals surface area contributed by atoms with Crippen molar-refractivity contribution in [3.63, 3.8) is 0 Å². The fraction of sp³-hybridized carbons (Fsp3) is 0.636. The summed E-state index contributed by atoms with van der Waals surface area (Å²) < 4.78 is 43.1. The Morgan fingerprint density at radius 3 is 2.31 bits per heavy atom. The van der Waals surface area contributed by atoms with Gasteiger partial charge in [0.05, 0.1) is 16.3 Å². The van der Waals surface area contributed by atoms with Crippen LogP contribution >= 0.6 is 0 Å². The zero-order chi connectivity index (χ0) is 22.7. The van der Waals surface area contributed by atoms with Gasteiger partial charge in [0.25, 0.3) is 0 Å². The van der Waals surface area contributed by atoms with Crippen LogP contribution in [-0.2, 0) is 19.4 Å². The van der Waals surface area contributed by atoms with E-state index in [1.54, 1.807) is 4.90 Å². The largest absolute Gasteiger partial charge is 0.446 e. The second-order valence-electron chi connectivity index (χ2n) is 8.76. The van der Waals surface area contributed by atoms with E-state index in [0.717, 1.165) is 50.1 Å². The zero-order valence-electron chi connectivity index (χ0n) is 18.3. The third-order valence-electron chi connectivity index (χ3n) is 6.38. The van der Waals surface area contributed by atoms with Gasteiger partial charge in [-0.15, -0.1) is 0 Å². The Balaban J connectivity index is 1.22. The summed E-state index contributed by atoms with van der Waals surface area (Å²) in [4.78, 5) is 21.5. The van der Waals surface area contributed by atoms with Crippen molar-refractivity contribution in [2.24, 2.45) is 5.16 Å². The molecule has 1 saturated carbocycles. The van der Waals surface area contributed by atoms with Crippen LogP contribution in [0.25, 0.3) is 0 Å². The van der Waals surface area contributed by atoms with Crippen molar-refractivity contribution in [2.45, 2.75) is 62.0 Å². The quantitative estimate of drug-likeness (QED) is 0.617. The van der Waals surface area contributed by atoms with Crippen LogP contribution in [-0.4, -0.2) is 69.8 Å². The number of sulfone groups is 1. The van der Waals surface area contributed by atoms with Crippen LogP contribution in [0.2, 0.25) is 0 Å². The Hall–Kier alpha value is -2.36. The molecule has 0 atom stereocenters. The van der Waals surface area contributed by atoms with Crippen molar-refractivity contribution in [1.29, 1.82) is 0 Å². The molecular formula is C22H30FN3O5S. The summed E-state index contributed by atoms with van der Waals surface area (Å²) in [6.45, 7) is 2.39. The molecule has 10 heteroatoms. The molecule has 0 radical (unpaired) electrons. The summed E-state index contributed by atoms with van der Waals surface area (Å²) >= 11 is 0. The van der Waals surface area contributed by atoms with Crippen LogP contribution in [0.5, 0.6) is 0 Å². The second kappa shape index (κ2) is 9.64. The van der Waals surface area contributed by atoms with Crippen LogP contribution in [0.1, 0.15) is 44.9 Å². The minimum Gasteiger partial charge on any atom is -0.446 e. The predicted molar refractivity (Wildman–Crippen MR) is 118 cm³/mol. The molecule has 1 aromatic rings. The van der Waals surface area contributed by atoms with E-state index in [9.17, 15) is 17.6 Å². The number of amides is 1. The highest BCUT2D eigenvalue weighted by atomic mass is 32.2. The van der Waals surface area contributed by atoms with E-state index in [1.165, 1.54) is 12.1 Å². The first-order valence-corrected chi connectivity index (χ1v) is 13.1. The van der Waals surface area contributed by atoms with Gasteiger partial charge >= 0.3 is 6.09 Å². The summed E-state index contributed by atoms with van der Waals surface area (Å²) in [5, 5.41) is 4.33. The molecule has 2 heterocycles. The van der Waals surface area contributed by atoms with Crippen LogP contribution in [0.3, 0.4) is 0 Å². The molecule has 0 N–H and O–H groups in total. The van der Waals surface area contributed by atoms with Crippen molar-refractivity contribution in [3.8, 4) is 0 Å². The van der Waals surface area contributed by atoms with Gasteiger partial charge in [0.1, 0.15) is 18.0 Å². The average molecular weight is 468 g/mol. The minimum absolute atomic E-state index is 0.0192. The van der Waals surface area contributed by atoms with Gasteiger partial charge in [0, 0.05) is 58.1 Å². The number of carbonyl (C=O) groups is 1. The van der Waals surface area contributed by atoms with Gasteiger partial charge in [0.15, 0.2) is 9.84 Å². The number of oxime groups is 1. The van der Waals surface area contributed by atoms with Crippen molar-refractivity contribution < 1.29 is 27.2 Å². The number of rotatable bonds is 5. The maximum atomic E-state index is 14.4. The van der Waals surface area contributed by atoms with Crippen molar-refractivity contribution in [1.82, 2.24) is 4.90 Å². The predicted octanol–water partition coefficient (Wildman–Crippen LogP) is 3.36. The van der Waals surface area contributed by atoms with E-state index >= 15 is 0 Å². The van der Waals surface area contributed by atoms with Crippen molar-refractivity contribution in [3.05, 3.63) is 24.0 Å². The maximum Gasteiger partial charge on any atom is 0.410 e. The normalized spacial score (nSPS) is 20.6. The zero-order valence-corrected chi connectivity index (χ0v) is 19.2. The topological polar surface area (TPSA) is 88.5 Å². The first-order chi connectivity index (χ1) is 15.3. The van der Waals surface area contributed by atoms with Crippen LogP contribution in [0.4, 0.5) is 14.9 Å². The summed E-state index contributed by atoms with van der Waals surface area (Å²) in [6, 6.07) is 4.04. The number of piperidine rings is 2. The Morgan fingerprint density at radius 2 is 1.75 bits per heavy atom. The molecule has 176 valence electrons. The smallest absolute Gasteiger partial charge is 0.410 e. The van der Waals surface area contributed by atoms with Crippen LogP contribution in [0.15, 0.2) is 28.3 Å². The molecule has 0 spiro atoms. The molecule has 32 heavy (non-hydrogen) atoms. The summed E-state index contributed by atoms with van der Waals surface area (Å²) in [7, 11) is -3.44. The lowest BCUT2D eigenvalue weighted by Crippen LogP contribution is -2.43. The van der Waals surface area contributed by atoms with E-state index in [4.69, 9.17) is 9.57 Å². The molecule has 0 aromatic heterocycles. The molecule has 3 fully saturated rings. The molecular weight excluding hydrogens is 437 g/mol. The Bertz CT molecular complexity index is 962. The number of carbonyl (C=O) groups excluding carboxylic acids is 1. The van der Waals surface area contributed by atoms with Gasteiger partial charge in [0.2, 0.25) is 0 Å². The van der Waals surface area contributed by atoms with E-state index in [0.29, 0.717) is 44.7 Å². The highest BCUT2D eigenvalue weighted by molar-refractivity contribution is 7.90. The van der Waals surface area contributed by atoms with Crippen LogP contribution in [0, 0.1) is 5.82 Å². The van der Waals surface area contributed by atoms with Crippen molar-refractivity contribution in [2.75, 3.05) is 37.3 Å². The number of anilines is 1. The number of ether oxygens (including phenoxy) is 1. The first kappa shape index (κ1) is 22.8. The average Bonchev–Trinajstić information content (AvgIpc) is 2.75. The molecule has 1 amide bonds. The highest BCUT2D eigenvalue weighted by Crippen LogP contribution is 2.26. The molecule has 3 aliphatic rings. The third kappa shape index (κ3) is 5.51. The number of hydrogen-bond acceptors (Lipinski definition) is 7. The van der Waals surface area contributed by atoms with Gasteiger partial charge in [-0.05, 0) is 37.5 Å². The third-order valence-corrected chi connectivity index (χ3v) is 7.49. The number of hydrogen-bond donors (Lipinski definition) is 0. The lowest BCUT2D eigenvalue weighted by Gasteiger charge is -2.33. The molecule has 0 bridgehead atoms. The second-order valence-corrected chi connectivity index (χ2v) is 10.8. The van der Waals surface area contributed by atoms with Crippen molar-refractivity contribution >= 4 is 27.3 Å². The molecule has 0 unspecified atom stereocenters. The van der Waals surface area contributed by atoms with E-state index in [-0.39, 0.29) is 23.2 Å². The number of nitrogens with zero attached hydrogens (tertiary/aromatic N) is 3. The van der Waals surface area contributed by atoms with E-state index < -0.39 is 15.7 Å². The molecule has 4 rings (SSSR count). The Kier molecular flexibility index (Phi) is 6.88. The summed E-state index contributed by atoms with van der Waals surface area (Å²) in [5.74, 6) is -0.535. The maximum absolute atomic E-state index is 14.4. The Labute approximate surface area is 188 Å². The molecule has 8 nitrogen and oxygen atoms in total. The van der Waals surface area contributed by atoms with Gasteiger partial charge in [-0.1, -0.05) is 5.16 Å². The number of likely N-dealkylation sites (tertiary alicyclic amines) is 1. The fourth-order valence-corrected chi connectivity index (χ4v) is 4.70. The lowest BCUT2D eigenvalue weighted by atomic mass is 9.96. The van der Waals surface area contributed by atoms with E-state index in [2.05, 4.69) is 5.16 Å². The lowest BCUT2D eigenvalue weighted by molar-refractivity contribution is -0.00848. The minimum atomic E-state index is -3.44.